The van der Waals surface area contributed by atoms with Crippen LogP contribution in [-0.2, 0) is 13.6 Å². The summed E-state index contributed by atoms with van der Waals surface area (Å²) in [6.07, 6.45) is 9.36. The summed E-state index contributed by atoms with van der Waals surface area (Å²) < 4.78 is 2.23. The molecule has 2 heteroatoms. The highest BCUT2D eigenvalue weighted by atomic mass is 14.9. The number of rotatable bonds is 4. The summed E-state index contributed by atoms with van der Waals surface area (Å²) in [5, 5.41) is 5.15. The smallest absolute Gasteiger partial charge is 0.0481 e. The van der Waals surface area contributed by atoms with Gasteiger partial charge in [-0.2, -0.15) is 0 Å². The van der Waals surface area contributed by atoms with Crippen LogP contribution in [0.2, 0.25) is 0 Å². The van der Waals surface area contributed by atoms with E-state index in [0.29, 0.717) is 6.04 Å². The molecule has 0 saturated heterocycles. The van der Waals surface area contributed by atoms with E-state index in [1.54, 1.807) is 0 Å². The molecule has 1 aromatic heterocycles. The number of fused-ring (bicyclic) bond motifs is 1. The van der Waals surface area contributed by atoms with Crippen LogP contribution in [0.1, 0.15) is 44.6 Å². The van der Waals surface area contributed by atoms with Gasteiger partial charge < -0.3 is 9.88 Å². The molecule has 1 saturated carbocycles. The van der Waals surface area contributed by atoms with Gasteiger partial charge >= 0.3 is 0 Å². The molecule has 20 heavy (non-hydrogen) atoms. The van der Waals surface area contributed by atoms with Gasteiger partial charge in [0.25, 0.3) is 0 Å². The van der Waals surface area contributed by atoms with Crippen molar-refractivity contribution in [2.75, 3.05) is 0 Å². The van der Waals surface area contributed by atoms with Gasteiger partial charge in [0.05, 0.1) is 0 Å². The second-order valence-corrected chi connectivity index (χ2v) is 6.35. The molecule has 1 aliphatic rings. The number of aryl methyl sites for hydroxylation is 1. The average Bonchev–Trinajstić information content (AvgIpc) is 2.83. The average molecular weight is 270 g/mol. The van der Waals surface area contributed by atoms with Gasteiger partial charge in [0, 0.05) is 36.7 Å². The summed E-state index contributed by atoms with van der Waals surface area (Å²) in [4.78, 5) is 0. The zero-order valence-corrected chi connectivity index (χ0v) is 12.7. The Morgan fingerprint density at radius 2 is 1.95 bits per heavy atom. The molecule has 0 spiro atoms. The van der Waals surface area contributed by atoms with E-state index in [9.17, 15) is 0 Å². The predicted octanol–water partition coefficient (Wildman–Crippen LogP) is 4.24. The molecule has 1 fully saturated rings. The number of hydrogen-bond donors (Lipinski definition) is 1. The van der Waals surface area contributed by atoms with E-state index in [1.165, 1.54) is 48.6 Å². The fourth-order valence-corrected chi connectivity index (χ4v) is 3.64. The second-order valence-electron chi connectivity index (χ2n) is 6.35. The summed E-state index contributed by atoms with van der Waals surface area (Å²) in [6.45, 7) is 3.35. The van der Waals surface area contributed by atoms with Crippen molar-refractivity contribution < 1.29 is 0 Å². The third-order valence-corrected chi connectivity index (χ3v) is 4.95. The molecular formula is C18H26N2. The topological polar surface area (TPSA) is 17.0 Å². The molecule has 1 aliphatic carbocycles. The molecule has 0 unspecified atom stereocenters. The van der Waals surface area contributed by atoms with Crippen molar-refractivity contribution in [3.8, 4) is 0 Å². The van der Waals surface area contributed by atoms with Gasteiger partial charge in [-0.1, -0.05) is 37.5 Å². The van der Waals surface area contributed by atoms with E-state index >= 15 is 0 Å². The van der Waals surface area contributed by atoms with Crippen LogP contribution in [0.5, 0.6) is 0 Å². The zero-order chi connectivity index (χ0) is 13.9. The molecule has 108 valence electrons. The predicted molar refractivity (Wildman–Crippen MR) is 85.8 cm³/mol. The number of nitrogens with one attached hydrogen (secondary N) is 1. The Morgan fingerprint density at radius 3 is 2.75 bits per heavy atom. The summed E-state index contributed by atoms with van der Waals surface area (Å²) in [5.74, 6) is 0.874. The summed E-state index contributed by atoms with van der Waals surface area (Å²) in [7, 11) is 2.14. The minimum atomic E-state index is 0.634. The molecule has 0 bridgehead atoms. The van der Waals surface area contributed by atoms with Crippen LogP contribution >= 0.6 is 0 Å². The van der Waals surface area contributed by atoms with E-state index in [-0.39, 0.29) is 0 Å². The largest absolute Gasteiger partial charge is 0.350 e. The highest BCUT2D eigenvalue weighted by Gasteiger charge is 2.19. The first-order chi connectivity index (χ1) is 9.75. The Hall–Kier alpha value is -1.28. The van der Waals surface area contributed by atoms with E-state index in [1.807, 2.05) is 0 Å². The lowest BCUT2D eigenvalue weighted by Gasteiger charge is -2.28. The number of nitrogens with zero attached hydrogens (tertiary/aromatic N) is 1. The standard InChI is InChI=1S/C18H26N2/c1-14(15-8-4-3-5-9-15)19-12-16-13-20(2)18-11-7-6-10-17(16)18/h6-7,10-11,13-15,19H,3-5,8-9,12H2,1-2H3/t14-/m0/s1. The number of para-hydroxylation sites is 1. The van der Waals surface area contributed by atoms with Gasteiger partial charge in [0.15, 0.2) is 0 Å². The first kappa shape index (κ1) is 13.7. The third kappa shape index (κ3) is 2.76. The van der Waals surface area contributed by atoms with Crippen LogP contribution in [0.3, 0.4) is 0 Å². The van der Waals surface area contributed by atoms with Crippen molar-refractivity contribution in [2.24, 2.45) is 13.0 Å². The Labute approximate surface area is 122 Å². The van der Waals surface area contributed by atoms with Gasteiger partial charge in [-0.15, -0.1) is 0 Å². The van der Waals surface area contributed by atoms with Gasteiger partial charge in [-0.3, -0.25) is 0 Å². The van der Waals surface area contributed by atoms with Crippen LogP contribution in [0, 0.1) is 5.92 Å². The molecule has 1 N–H and O–H groups in total. The van der Waals surface area contributed by atoms with Crippen molar-refractivity contribution in [1.82, 2.24) is 9.88 Å². The van der Waals surface area contributed by atoms with Crippen molar-refractivity contribution in [1.29, 1.82) is 0 Å². The lowest BCUT2D eigenvalue weighted by atomic mass is 9.84. The van der Waals surface area contributed by atoms with Gasteiger partial charge in [0.2, 0.25) is 0 Å². The van der Waals surface area contributed by atoms with Crippen LogP contribution in [0.4, 0.5) is 0 Å². The van der Waals surface area contributed by atoms with Crippen LogP contribution in [-0.4, -0.2) is 10.6 Å². The van der Waals surface area contributed by atoms with Gasteiger partial charge in [0.1, 0.15) is 0 Å². The third-order valence-electron chi connectivity index (χ3n) is 4.95. The SMILES string of the molecule is C[C@H](NCc1cn(C)c2ccccc12)C1CCCCC1. The van der Waals surface area contributed by atoms with Crippen molar-refractivity contribution in [3.05, 3.63) is 36.0 Å². The molecule has 2 aromatic rings. The number of hydrogen-bond acceptors (Lipinski definition) is 1. The number of aromatic nitrogens is 1. The zero-order valence-electron chi connectivity index (χ0n) is 12.7. The van der Waals surface area contributed by atoms with Crippen molar-refractivity contribution in [3.63, 3.8) is 0 Å². The van der Waals surface area contributed by atoms with Crippen molar-refractivity contribution >= 4 is 10.9 Å². The van der Waals surface area contributed by atoms with Crippen LogP contribution in [0.25, 0.3) is 10.9 Å². The Morgan fingerprint density at radius 1 is 1.20 bits per heavy atom. The first-order valence-electron chi connectivity index (χ1n) is 8.02. The molecule has 2 nitrogen and oxygen atoms in total. The van der Waals surface area contributed by atoms with E-state index < -0.39 is 0 Å². The molecule has 0 aliphatic heterocycles. The van der Waals surface area contributed by atoms with E-state index in [4.69, 9.17) is 0 Å². The maximum absolute atomic E-state index is 3.76. The Bertz CT molecular complexity index is 564. The Balaban J connectivity index is 1.67. The minimum absolute atomic E-state index is 0.634. The number of benzene rings is 1. The molecule has 0 radical (unpaired) electrons. The van der Waals surface area contributed by atoms with Crippen LogP contribution < -0.4 is 5.32 Å². The molecule has 1 aromatic carbocycles. The van der Waals surface area contributed by atoms with Crippen molar-refractivity contribution in [2.45, 2.75) is 51.6 Å². The summed E-state index contributed by atoms with van der Waals surface area (Å²) in [5.41, 5.74) is 2.75. The summed E-state index contributed by atoms with van der Waals surface area (Å²) in [6, 6.07) is 9.32. The Kier molecular flexibility index (Phi) is 4.11. The molecule has 3 rings (SSSR count). The van der Waals surface area contributed by atoms with Gasteiger partial charge in [-0.25, -0.2) is 0 Å². The second kappa shape index (κ2) is 6.01. The van der Waals surface area contributed by atoms with E-state index in [0.717, 1.165) is 12.5 Å². The van der Waals surface area contributed by atoms with Crippen LogP contribution in [0.15, 0.2) is 30.5 Å². The molecule has 1 heterocycles. The molecule has 0 amide bonds. The monoisotopic (exact) mass is 270 g/mol. The first-order valence-corrected chi connectivity index (χ1v) is 8.02. The molecule has 1 atom stereocenters. The van der Waals surface area contributed by atoms with Gasteiger partial charge in [-0.05, 0) is 37.3 Å². The highest BCUT2D eigenvalue weighted by Crippen LogP contribution is 2.27. The quantitative estimate of drug-likeness (QED) is 0.879. The lowest BCUT2D eigenvalue weighted by molar-refractivity contribution is 0.281. The lowest BCUT2D eigenvalue weighted by Crippen LogP contribution is -2.34. The van der Waals surface area contributed by atoms with E-state index in [2.05, 4.69) is 54.3 Å². The minimum Gasteiger partial charge on any atom is -0.350 e. The summed E-state index contributed by atoms with van der Waals surface area (Å²) >= 11 is 0. The normalized spacial score (nSPS) is 18.5. The fourth-order valence-electron chi connectivity index (χ4n) is 3.64. The maximum atomic E-state index is 3.76. The highest BCUT2D eigenvalue weighted by molar-refractivity contribution is 5.83. The molecular weight excluding hydrogens is 244 g/mol. The maximum Gasteiger partial charge on any atom is 0.0481 e. The fraction of sp³-hybridized carbons (Fsp3) is 0.556.